The first-order valence-corrected chi connectivity index (χ1v) is 5.97. The third-order valence-electron chi connectivity index (χ3n) is 2.86. The number of nitrogens with zero attached hydrogens (tertiary/aromatic N) is 2. The Hall–Kier alpha value is -1.40. The molecular weight excluding hydrogens is 230 g/mol. The molecule has 0 aliphatic rings. The average molecular weight is 253 g/mol. The molecule has 1 rings (SSSR count). The van der Waals surface area contributed by atoms with Crippen LogP contribution in [0.15, 0.2) is 6.07 Å². The first-order chi connectivity index (χ1) is 8.36. The maximum Gasteiger partial charge on any atom is 0.158 e. The van der Waals surface area contributed by atoms with Crippen LogP contribution in [-0.2, 0) is 11.3 Å². The molecule has 0 aromatic carbocycles. The topological polar surface area (TPSA) is 85.1 Å². The number of hydrogen-bond acceptors (Lipinski definition) is 6. The Labute approximate surface area is 108 Å². The molecule has 0 fully saturated rings. The van der Waals surface area contributed by atoms with Crippen molar-refractivity contribution in [3.8, 4) is 0 Å². The fraction of sp³-hybridized carbons (Fsp3) is 0.667. The van der Waals surface area contributed by atoms with Crippen LogP contribution in [0.2, 0.25) is 0 Å². The summed E-state index contributed by atoms with van der Waals surface area (Å²) in [7, 11) is 1.61. The quantitative estimate of drug-likeness (QED) is 0.547. The number of nitrogens with one attached hydrogen (secondary N) is 2. The van der Waals surface area contributed by atoms with Gasteiger partial charge in [-0.1, -0.05) is 20.8 Å². The van der Waals surface area contributed by atoms with Crippen LogP contribution >= 0.6 is 0 Å². The van der Waals surface area contributed by atoms with Gasteiger partial charge in [0.2, 0.25) is 0 Å². The molecule has 0 spiro atoms. The summed E-state index contributed by atoms with van der Waals surface area (Å²) in [5.41, 5.74) is 2.67. The monoisotopic (exact) mass is 253 g/mol. The predicted octanol–water partition coefficient (Wildman–Crippen LogP) is 1.76. The Morgan fingerprint density at radius 2 is 1.94 bits per heavy atom. The largest absolute Gasteiger partial charge is 0.377 e. The third-order valence-corrected chi connectivity index (χ3v) is 2.86. The van der Waals surface area contributed by atoms with E-state index in [1.807, 2.05) is 0 Å². The van der Waals surface area contributed by atoms with E-state index in [0.717, 1.165) is 5.82 Å². The van der Waals surface area contributed by atoms with Gasteiger partial charge in [0, 0.05) is 19.2 Å². The summed E-state index contributed by atoms with van der Waals surface area (Å²) >= 11 is 0. The molecular formula is C12H23N5O. The van der Waals surface area contributed by atoms with Crippen molar-refractivity contribution in [1.29, 1.82) is 0 Å². The molecule has 0 aliphatic carbocycles. The minimum Gasteiger partial charge on any atom is -0.377 e. The van der Waals surface area contributed by atoms with E-state index in [4.69, 9.17) is 10.6 Å². The molecule has 102 valence electrons. The van der Waals surface area contributed by atoms with E-state index >= 15 is 0 Å². The Bertz CT molecular complexity index is 389. The molecule has 0 saturated heterocycles. The average Bonchev–Trinajstić information content (AvgIpc) is 2.27. The Morgan fingerprint density at radius 1 is 1.33 bits per heavy atom. The molecule has 0 aliphatic heterocycles. The molecule has 0 bridgehead atoms. The number of hydrazine groups is 1. The van der Waals surface area contributed by atoms with Gasteiger partial charge in [-0.15, -0.1) is 0 Å². The number of ether oxygens (including phenoxy) is 1. The first-order valence-electron chi connectivity index (χ1n) is 5.97. The van der Waals surface area contributed by atoms with Crippen LogP contribution in [0, 0.1) is 5.41 Å². The number of hydrogen-bond donors (Lipinski definition) is 3. The van der Waals surface area contributed by atoms with Gasteiger partial charge in [-0.3, -0.25) is 0 Å². The zero-order chi connectivity index (χ0) is 13.8. The number of rotatable bonds is 5. The highest BCUT2D eigenvalue weighted by Gasteiger charge is 2.20. The number of nitrogen functional groups attached to an aromatic ring is 1. The fourth-order valence-electron chi connectivity index (χ4n) is 1.28. The van der Waals surface area contributed by atoms with Gasteiger partial charge in [0.05, 0.1) is 0 Å². The lowest BCUT2D eigenvalue weighted by Crippen LogP contribution is -2.31. The van der Waals surface area contributed by atoms with E-state index in [9.17, 15) is 0 Å². The molecule has 1 unspecified atom stereocenters. The highest BCUT2D eigenvalue weighted by molar-refractivity contribution is 5.47. The number of nitrogens with two attached hydrogens (primary N) is 1. The van der Waals surface area contributed by atoms with Gasteiger partial charge < -0.3 is 15.5 Å². The zero-order valence-corrected chi connectivity index (χ0v) is 11.7. The minimum absolute atomic E-state index is 0.142. The summed E-state index contributed by atoms with van der Waals surface area (Å²) < 4.78 is 5.03. The lowest BCUT2D eigenvalue weighted by molar-refractivity contribution is 0.178. The van der Waals surface area contributed by atoms with Crippen molar-refractivity contribution < 1.29 is 4.74 Å². The van der Waals surface area contributed by atoms with Gasteiger partial charge in [0.15, 0.2) is 5.82 Å². The second-order valence-corrected chi connectivity index (χ2v) is 5.36. The van der Waals surface area contributed by atoms with Crippen LogP contribution in [0.3, 0.4) is 0 Å². The minimum atomic E-state index is 0.142. The van der Waals surface area contributed by atoms with Gasteiger partial charge in [-0.25, -0.2) is 15.8 Å². The molecule has 1 atom stereocenters. The summed E-state index contributed by atoms with van der Waals surface area (Å²) in [5, 5.41) is 3.35. The van der Waals surface area contributed by atoms with Crippen molar-refractivity contribution in [3.63, 3.8) is 0 Å². The summed E-state index contributed by atoms with van der Waals surface area (Å²) in [6, 6.07) is 2.05. The zero-order valence-electron chi connectivity index (χ0n) is 11.7. The van der Waals surface area contributed by atoms with Crippen LogP contribution in [0.25, 0.3) is 0 Å². The maximum atomic E-state index is 5.39. The Kier molecular flexibility index (Phi) is 4.86. The second kappa shape index (κ2) is 5.97. The van der Waals surface area contributed by atoms with Gasteiger partial charge in [-0.2, -0.15) is 0 Å². The summed E-state index contributed by atoms with van der Waals surface area (Å²) in [5.74, 6) is 7.30. The standard InChI is InChI=1S/C12H23N5O/c1-8(12(2,3)4)14-9-6-10(17-13)16-11(15-9)7-18-5/h6,8H,7,13H2,1-5H3,(H2,14,15,16,17). The number of methoxy groups -OCH3 is 1. The number of anilines is 2. The summed E-state index contributed by atoms with van der Waals surface area (Å²) in [6.45, 7) is 8.99. The molecule has 18 heavy (non-hydrogen) atoms. The maximum absolute atomic E-state index is 5.39. The van der Waals surface area contributed by atoms with Gasteiger partial charge in [0.1, 0.15) is 18.2 Å². The molecule has 6 nitrogen and oxygen atoms in total. The summed E-state index contributed by atoms with van der Waals surface area (Å²) in [6.07, 6.45) is 0. The molecule has 6 heteroatoms. The van der Waals surface area contributed by atoms with Gasteiger partial charge in [-0.05, 0) is 12.3 Å². The lowest BCUT2D eigenvalue weighted by Gasteiger charge is -2.28. The van der Waals surface area contributed by atoms with Crippen LogP contribution in [0.5, 0.6) is 0 Å². The Balaban J connectivity index is 2.90. The smallest absolute Gasteiger partial charge is 0.158 e. The SMILES string of the molecule is COCc1nc(NN)cc(NC(C)C(C)(C)C)n1. The van der Waals surface area contributed by atoms with Crippen molar-refractivity contribution in [2.24, 2.45) is 11.3 Å². The first kappa shape index (κ1) is 14.7. The van der Waals surface area contributed by atoms with E-state index in [1.54, 1.807) is 13.2 Å². The van der Waals surface area contributed by atoms with E-state index < -0.39 is 0 Å². The molecule has 0 saturated carbocycles. The van der Waals surface area contributed by atoms with E-state index in [2.05, 4.69) is 48.4 Å². The Morgan fingerprint density at radius 3 is 2.44 bits per heavy atom. The van der Waals surface area contributed by atoms with Gasteiger partial charge in [0.25, 0.3) is 0 Å². The van der Waals surface area contributed by atoms with Crippen LogP contribution < -0.4 is 16.6 Å². The van der Waals surface area contributed by atoms with Crippen LogP contribution in [0.4, 0.5) is 11.6 Å². The van der Waals surface area contributed by atoms with E-state index in [-0.39, 0.29) is 11.5 Å². The molecule has 1 aromatic heterocycles. The van der Waals surface area contributed by atoms with Crippen molar-refractivity contribution in [2.45, 2.75) is 40.3 Å². The third kappa shape index (κ3) is 4.12. The highest BCUT2D eigenvalue weighted by Crippen LogP contribution is 2.22. The molecule has 0 radical (unpaired) electrons. The molecule has 1 heterocycles. The highest BCUT2D eigenvalue weighted by atomic mass is 16.5. The second-order valence-electron chi connectivity index (χ2n) is 5.36. The lowest BCUT2D eigenvalue weighted by atomic mass is 9.88. The predicted molar refractivity (Wildman–Crippen MR) is 73.1 cm³/mol. The normalized spacial score (nSPS) is 13.2. The van der Waals surface area contributed by atoms with Crippen LogP contribution in [-0.4, -0.2) is 23.1 Å². The molecule has 1 aromatic rings. The van der Waals surface area contributed by atoms with Crippen LogP contribution in [0.1, 0.15) is 33.5 Å². The van der Waals surface area contributed by atoms with Crippen molar-refractivity contribution >= 4 is 11.6 Å². The molecule has 4 N–H and O–H groups in total. The summed E-state index contributed by atoms with van der Waals surface area (Å²) in [4.78, 5) is 8.58. The van der Waals surface area contributed by atoms with E-state index in [1.165, 1.54) is 0 Å². The van der Waals surface area contributed by atoms with Gasteiger partial charge >= 0.3 is 0 Å². The number of aromatic nitrogens is 2. The fourth-order valence-corrected chi connectivity index (χ4v) is 1.28. The van der Waals surface area contributed by atoms with Crippen molar-refractivity contribution in [2.75, 3.05) is 17.9 Å². The van der Waals surface area contributed by atoms with E-state index in [0.29, 0.717) is 18.2 Å². The van der Waals surface area contributed by atoms with Crippen molar-refractivity contribution in [1.82, 2.24) is 9.97 Å². The van der Waals surface area contributed by atoms with Crippen molar-refractivity contribution in [3.05, 3.63) is 11.9 Å². The molecule has 0 amide bonds.